The summed E-state index contributed by atoms with van der Waals surface area (Å²) in [7, 11) is 1.57. The van der Waals surface area contributed by atoms with Gasteiger partial charge in [0.25, 0.3) is 0 Å². The molecular formula is C24H31N3O2. The van der Waals surface area contributed by atoms with E-state index >= 15 is 0 Å². The van der Waals surface area contributed by atoms with Crippen LogP contribution in [0.3, 0.4) is 0 Å². The Bertz CT molecular complexity index is 836. The van der Waals surface area contributed by atoms with Gasteiger partial charge in [0.05, 0.1) is 7.11 Å². The van der Waals surface area contributed by atoms with E-state index in [4.69, 9.17) is 9.73 Å². The molecule has 0 aliphatic carbocycles. The van der Waals surface area contributed by atoms with Gasteiger partial charge in [0, 0.05) is 26.2 Å². The van der Waals surface area contributed by atoms with Crippen LogP contribution < -0.4 is 10.1 Å². The molecule has 0 atom stereocenters. The molecule has 2 aromatic rings. The second-order valence-electron chi connectivity index (χ2n) is 7.15. The minimum Gasteiger partial charge on any atom is -0.504 e. The molecule has 1 heterocycles. The van der Waals surface area contributed by atoms with E-state index in [0.717, 1.165) is 44.0 Å². The first-order chi connectivity index (χ1) is 14.2. The van der Waals surface area contributed by atoms with Gasteiger partial charge < -0.3 is 20.1 Å². The van der Waals surface area contributed by atoms with Crippen LogP contribution in [0, 0.1) is 0 Å². The second kappa shape index (κ2) is 10.6. The Balaban J connectivity index is 1.59. The summed E-state index contributed by atoms with van der Waals surface area (Å²) in [6.45, 7) is 5.48. The molecule has 2 N–H and O–H groups in total. The number of guanidine groups is 1. The lowest BCUT2D eigenvalue weighted by Gasteiger charge is -2.31. The molecule has 5 heteroatoms. The summed E-state index contributed by atoms with van der Waals surface area (Å²) in [4.78, 5) is 7.13. The van der Waals surface area contributed by atoms with Crippen molar-refractivity contribution in [3.63, 3.8) is 0 Å². The highest BCUT2D eigenvalue weighted by Crippen LogP contribution is 2.29. The molecule has 1 aliphatic rings. The van der Waals surface area contributed by atoms with E-state index in [1.165, 1.54) is 11.1 Å². The topological polar surface area (TPSA) is 57.1 Å². The molecule has 0 spiro atoms. The van der Waals surface area contributed by atoms with Crippen molar-refractivity contribution in [2.75, 3.05) is 33.3 Å². The van der Waals surface area contributed by atoms with Gasteiger partial charge >= 0.3 is 0 Å². The SMILES string of the molecule is CCNC(=NCCc1cccc(OC)c1O)N1CCC(=Cc2ccccc2)CC1. The Morgan fingerprint density at radius 1 is 1.14 bits per heavy atom. The molecule has 0 bridgehead atoms. The Labute approximate surface area is 173 Å². The number of methoxy groups -OCH3 is 1. The zero-order valence-electron chi connectivity index (χ0n) is 17.4. The van der Waals surface area contributed by atoms with Gasteiger partial charge in [0.1, 0.15) is 0 Å². The van der Waals surface area contributed by atoms with Crippen LogP contribution in [0.25, 0.3) is 6.08 Å². The number of phenolic OH excluding ortho intramolecular Hbond substituents is 1. The van der Waals surface area contributed by atoms with Gasteiger partial charge in [-0.05, 0) is 43.4 Å². The molecule has 0 radical (unpaired) electrons. The highest BCUT2D eigenvalue weighted by atomic mass is 16.5. The summed E-state index contributed by atoms with van der Waals surface area (Å²) in [5.74, 6) is 1.67. The lowest BCUT2D eigenvalue weighted by atomic mass is 10.0. The molecule has 1 fully saturated rings. The maximum Gasteiger partial charge on any atom is 0.193 e. The molecule has 1 aliphatic heterocycles. The number of aromatic hydroxyl groups is 1. The molecule has 1 saturated heterocycles. The first kappa shape index (κ1) is 20.8. The van der Waals surface area contributed by atoms with Crippen molar-refractivity contribution >= 4 is 12.0 Å². The van der Waals surface area contributed by atoms with Crippen molar-refractivity contribution in [3.8, 4) is 11.5 Å². The number of para-hydroxylation sites is 1. The highest BCUT2D eigenvalue weighted by Gasteiger charge is 2.17. The Morgan fingerprint density at radius 3 is 2.59 bits per heavy atom. The zero-order chi connectivity index (χ0) is 20.5. The number of hydrogen-bond acceptors (Lipinski definition) is 3. The van der Waals surface area contributed by atoms with Gasteiger partial charge in [0.2, 0.25) is 0 Å². The Morgan fingerprint density at radius 2 is 1.90 bits per heavy atom. The van der Waals surface area contributed by atoms with Crippen molar-refractivity contribution in [2.45, 2.75) is 26.2 Å². The third kappa shape index (κ3) is 5.76. The monoisotopic (exact) mass is 393 g/mol. The zero-order valence-corrected chi connectivity index (χ0v) is 17.4. The van der Waals surface area contributed by atoms with Crippen LogP contribution in [0.2, 0.25) is 0 Å². The number of benzene rings is 2. The van der Waals surface area contributed by atoms with Gasteiger partial charge in [-0.3, -0.25) is 4.99 Å². The van der Waals surface area contributed by atoms with Crippen molar-refractivity contribution in [1.82, 2.24) is 10.2 Å². The number of nitrogens with zero attached hydrogens (tertiary/aromatic N) is 2. The summed E-state index contributed by atoms with van der Waals surface area (Å²) in [6.07, 6.45) is 5.09. The van der Waals surface area contributed by atoms with Crippen molar-refractivity contribution in [3.05, 3.63) is 65.2 Å². The largest absolute Gasteiger partial charge is 0.504 e. The number of rotatable bonds is 6. The first-order valence-corrected chi connectivity index (χ1v) is 10.3. The minimum absolute atomic E-state index is 0.212. The summed E-state index contributed by atoms with van der Waals surface area (Å²) in [6, 6.07) is 16.1. The van der Waals surface area contributed by atoms with E-state index in [2.05, 4.69) is 53.5 Å². The number of hydrogen-bond donors (Lipinski definition) is 2. The molecule has 0 aromatic heterocycles. The maximum atomic E-state index is 10.3. The van der Waals surface area contributed by atoms with Gasteiger partial charge in [-0.15, -0.1) is 0 Å². The Kier molecular flexibility index (Phi) is 7.56. The average Bonchev–Trinajstić information content (AvgIpc) is 2.76. The third-order valence-corrected chi connectivity index (χ3v) is 5.16. The number of phenols is 1. The molecule has 5 nitrogen and oxygen atoms in total. The molecule has 2 aromatic carbocycles. The van der Waals surface area contributed by atoms with Crippen LogP contribution in [0.15, 0.2) is 59.1 Å². The lowest BCUT2D eigenvalue weighted by Crippen LogP contribution is -2.44. The van der Waals surface area contributed by atoms with Crippen LogP contribution >= 0.6 is 0 Å². The van der Waals surface area contributed by atoms with Gasteiger partial charge in [-0.25, -0.2) is 0 Å². The molecule has 0 unspecified atom stereocenters. The smallest absolute Gasteiger partial charge is 0.193 e. The normalized spacial score (nSPS) is 14.6. The average molecular weight is 394 g/mol. The number of nitrogens with one attached hydrogen (secondary N) is 1. The number of piperidine rings is 1. The molecule has 0 amide bonds. The summed E-state index contributed by atoms with van der Waals surface area (Å²) in [5.41, 5.74) is 3.62. The van der Waals surface area contributed by atoms with Crippen LogP contribution in [0.5, 0.6) is 11.5 Å². The van der Waals surface area contributed by atoms with Crippen LogP contribution in [-0.4, -0.2) is 49.3 Å². The lowest BCUT2D eigenvalue weighted by molar-refractivity contribution is 0.370. The molecular weight excluding hydrogens is 362 g/mol. The molecule has 29 heavy (non-hydrogen) atoms. The maximum absolute atomic E-state index is 10.3. The van der Waals surface area contributed by atoms with Crippen LogP contribution in [0.4, 0.5) is 0 Å². The molecule has 0 saturated carbocycles. The van der Waals surface area contributed by atoms with Gasteiger partial charge in [0.15, 0.2) is 17.5 Å². The van der Waals surface area contributed by atoms with Crippen LogP contribution in [0.1, 0.15) is 30.9 Å². The highest BCUT2D eigenvalue weighted by molar-refractivity contribution is 5.80. The number of aliphatic imine (C=N–C) groups is 1. The van der Waals surface area contributed by atoms with Crippen molar-refractivity contribution in [1.29, 1.82) is 0 Å². The fraction of sp³-hybridized carbons (Fsp3) is 0.375. The summed E-state index contributed by atoms with van der Waals surface area (Å²) < 4.78 is 5.19. The van der Waals surface area contributed by atoms with E-state index in [1.54, 1.807) is 13.2 Å². The minimum atomic E-state index is 0.212. The first-order valence-electron chi connectivity index (χ1n) is 10.3. The molecule has 3 rings (SSSR count). The van der Waals surface area contributed by atoms with Crippen molar-refractivity contribution in [2.24, 2.45) is 4.99 Å². The van der Waals surface area contributed by atoms with E-state index in [-0.39, 0.29) is 5.75 Å². The predicted octanol–water partition coefficient (Wildman–Crippen LogP) is 4.09. The van der Waals surface area contributed by atoms with Crippen LogP contribution in [-0.2, 0) is 6.42 Å². The number of ether oxygens (including phenoxy) is 1. The number of likely N-dealkylation sites (tertiary alicyclic amines) is 1. The molecule has 154 valence electrons. The fourth-order valence-corrected chi connectivity index (χ4v) is 3.58. The summed E-state index contributed by atoms with van der Waals surface area (Å²) >= 11 is 0. The second-order valence-corrected chi connectivity index (χ2v) is 7.15. The third-order valence-electron chi connectivity index (χ3n) is 5.16. The predicted molar refractivity (Wildman–Crippen MR) is 120 cm³/mol. The standard InChI is InChI=1S/C24H31N3O2/c1-3-25-24(26-15-12-21-10-7-11-22(29-2)23(21)28)27-16-13-20(14-17-27)18-19-8-5-4-6-9-19/h4-11,18,28H,3,12-17H2,1-2H3,(H,25,26). The van der Waals surface area contributed by atoms with Crippen molar-refractivity contribution < 1.29 is 9.84 Å². The Hall–Kier alpha value is -2.95. The van der Waals surface area contributed by atoms with E-state index in [9.17, 15) is 5.11 Å². The quantitative estimate of drug-likeness (QED) is 0.573. The van der Waals surface area contributed by atoms with Gasteiger partial charge in [-0.1, -0.05) is 54.1 Å². The summed E-state index contributed by atoms with van der Waals surface area (Å²) in [5, 5.41) is 13.7. The van der Waals surface area contributed by atoms with Gasteiger partial charge in [-0.2, -0.15) is 0 Å². The van der Waals surface area contributed by atoms with E-state index in [0.29, 0.717) is 18.7 Å². The van der Waals surface area contributed by atoms with E-state index in [1.807, 2.05) is 12.1 Å². The van der Waals surface area contributed by atoms with E-state index < -0.39 is 0 Å². The fourth-order valence-electron chi connectivity index (χ4n) is 3.58.